The molecular weight excluding hydrogens is 388 g/mol. The van der Waals surface area contributed by atoms with E-state index in [0.29, 0.717) is 21.7 Å². The van der Waals surface area contributed by atoms with Gasteiger partial charge in [-0.3, -0.25) is 0 Å². The van der Waals surface area contributed by atoms with E-state index in [0.717, 1.165) is 9.30 Å². The third kappa shape index (κ3) is 1.98. The van der Waals surface area contributed by atoms with Gasteiger partial charge in [0.15, 0.2) is 0 Å². The van der Waals surface area contributed by atoms with E-state index in [4.69, 9.17) is 42.8 Å². The van der Waals surface area contributed by atoms with E-state index in [1.807, 2.05) is 0 Å². The van der Waals surface area contributed by atoms with Crippen molar-refractivity contribution < 1.29 is 11.9 Å². The molecule has 3 nitrogen and oxygen atoms in total. The average Bonchev–Trinajstić information content (AvgIpc) is 2.24. The first kappa shape index (κ1) is 12.6. The molecule has 0 saturated carbocycles. The van der Waals surface area contributed by atoms with E-state index in [1.165, 1.54) is 11.2 Å². The van der Waals surface area contributed by atoms with E-state index in [1.54, 1.807) is 13.0 Å². The number of hydrogen-bond acceptors (Lipinski definition) is 2. The van der Waals surface area contributed by atoms with Crippen molar-refractivity contribution in [3.8, 4) is 5.75 Å². The monoisotopic (exact) mass is 396 g/mol. The predicted molar refractivity (Wildman–Crippen MR) is 65.9 cm³/mol. The summed E-state index contributed by atoms with van der Waals surface area (Å²) in [5.41, 5.74) is 0.718. The van der Waals surface area contributed by atoms with Gasteiger partial charge >= 0.3 is 119 Å². The molecule has 1 aliphatic rings. The summed E-state index contributed by atoms with van der Waals surface area (Å²) < 4.78 is 13.0. The molecule has 1 aliphatic heterocycles. The molecule has 2 rings (SSSR count). The van der Waals surface area contributed by atoms with Crippen molar-refractivity contribution in [1.29, 1.82) is 0 Å². The quantitative estimate of drug-likeness (QED) is 0.539. The number of halogens is 3. The minimum atomic E-state index is -0.795. The van der Waals surface area contributed by atoms with Crippen LogP contribution in [0.25, 0.3) is 0 Å². The van der Waals surface area contributed by atoms with Crippen LogP contribution < -0.4 is 8.35 Å². The van der Waals surface area contributed by atoms with Crippen molar-refractivity contribution in [2.24, 2.45) is 0 Å². The molecule has 7 heteroatoms. The molecule has 0 spiro atoms. The van der Waals surface area contributed by atoms with E-state index >= 15 is 0 Å². The molecule has 16 heavy (non-hydrogen) atoms. The normalized spacial score (nSPS) is 14.6. The third-order valence-corrected chi connectivity index (χ3v) is 5.41. The summed E-state index contributed by atoms with van der Waals surface area (Å²) in [4.78, 5) is 0. The standard InChI is InChI=1S/C9H7Cl3NO2Te/c1-4-13(12)8-6(16-15-4)3-5(10)9(14-2)7(8)11/h3H,1-2H3/q+1. The van der Waals surface area contributed by atoms with Crippen molar-refractivity contribution in [3.05, 3.63) is 16.1 Å². The summed E-state index contributed by atoms with van der Waals surface area (Å²) in [5, 5.41) is 0.900. The number of fused-ring (bicyclic) bond motifs is 1. The topological polar surface area (TPSA) is 21.5 Å². The number of ether oxygens (including phenoxy) is 1. The van der Waals surface area contributed by atoms with Gasteiger partial charge in [-0.1, -0.05) is 0 Å². The molecule has 1 aromatic carbocycles. The van der Waals surface area contributed by atoms with Crippen molar-refractivity contribution in [2.45, 2.75) is 6.92 Å². The molecule has 0 radical (unpaired) electrons. The van der Waals surface area contributed by atoms with Crippen LogP contribution in [0.15, 0.2) is 6.07 Å². The first-order valence-corrected chi connectivity index (χ1v) is 7.47. The number of rotatable bonds is 1. The SMILES string of the molecule is COc1c(Cl)cc2c(c1Cl)[N+](Cl)=C(C)O[Te]2. The Morgan fingerprint density at radius 1 is 1.44 bits per heavy atom. The Labute approximate surface area is 119 Å². The predicted octanol–water partition coefficient (Wildman–Crippen LogP) is 2.49. The van der Waals surface area contributed by atoms with Crippen LogP contribution in [0.4, 0.5) is 5.69 Å². The zero-order valence-electron chi connectivity index (χ0n) is 8.38. The summed E-state index contributed by atoms with van der Waals surface area (Å²) in [5.74, 6) is 1.07. The second-order valence-electron chi connectivity index (χ2n) is 3.02. The number of benzene rings is 1. The van der Waals surface area contributed by atoms with Gasteiger partial charge in [-0.05, 0) is 0 Å². The van der Waals surface area contributed by atoms with Gasteiger partial charge < -0.3 is 0 Å². The minimum absolute atomic E-state index is 0.424. The molecular formula is C9H7Cl3NO2Te+. The molecule has 0 atom stereocenters. The summed E-state index contributed by atoms with van der Waals surface area (Å²) in [6.07, 6.45) is 0. The van der Waals surface area contributed by atoms with Crippen LogP contribution in [0.2, 0.25) is 10.0 Å². The van der Waals surface area contributed by atoms with Crippen molar-refractivity contribution in [1.82, 2.24) is 0 Å². The summed E-state index contributed by atoms with van der Waals surface area (Å²) in [7, 11) is 1.52. The third-order valence-electron chi connectivity index (χ3n) is 2.04. The molecule has 0 fully saturated rings. The van der Waals surface area contributed by atoms with Crippen LogP contribution in [0.3, 0.4) is 0 Å². The molecule has 0 bridgehead atoms. The van der Waals surface area contributed by atoms with Crippen LogP contribution in [-0.2, 0) is 3.10 Å². The van der Waals surface area contributed by atoms with E-state index < -0.39 is 21.3 Å². The first-order chi connectivity index (χ1) is 7.56. The molecule has 0 aliphatic carbocycles. The van der Waals surface area contributed by atoms with Gasteiger partial charge in [0.25, 0.3) is 0 Å². The molecule has 1 heterocycles. The Kier molecular flexibility index (Phi) is 3.78. The Balaban J connectivity index is 2.73. The first-order valence-electron chi connectivity index (χ1n) is 4.26. The van der Waals surface area contributed by atoms with Gasteiger partial charge in [0.05, 0.1) is 0 Å². The van der Waals surface area contributed by atoms with E-state index in [9.17, 15) is 0 Å². The van der Waals surface area contributed by atoms with Gasteiger partial charge in [-0.2, -0.15) is 0 Å². The molecule has 0 N–H and O–H groups in total. The van der Waals surface area contributed by atoms with Crippen LogP contribution in [0.1, 0.15) is 6.92 Å². The molecule has 0 aromatic heterocycles. The summed E-state index contributed by atoms with van der Waals surface area (Å²) in [6.45, 7) is 1.79. The van der Waals surface area contributed by atoms with Gasteiger partial charge in [-0.15, -0.1) is 0 Å². The van der Waals surface area contributed by atoms with Crippen molar-refractivity contribution in [3.63, 3.8) is 0 Å². The van der Waals surface area contributed by atoms with E-state index in [-0.39, 0.29) is 0 Å². The molecule has 0 saturated heterocycles. The van der Waals surface area contributed by atoms with Crippen LogP contribution in [0.5, 0.6) is 5.75 Å². The van der Waals surface area contributed by atoms with Gasteiger partial charge in [0, 0.05) is 0 Å². The fourth-order valence-corrected chi connectivity index (χ4v) is 4.98. The van der Waals surface area contributed by atoms with Gasteiger partial charge in [-0.25, -0.2) is 0 Å². The Morgan fingerprint density at radius 3 is 2.75 bits per heavy atom. The number of methoxy groups -OCH3 is 1. The van der Waals surface area contributed by atoms with Crippen LogP contribution in [0, 0.1) is 0 Å². The Hall–Kier alpha value is 0.150. The van der Waals surface area contributed by atoms with Crippen molar-refractivity contribution >= 4 is 71.5 Å². The van der Waals surface area contributed by atoms with Crippen LogP contribution >= 0.6 is 35.0 Å². The maximum absolute atomic E-state index is 6.21. The van der Waals surface area contributed by atoms with Crippen LogP contribution in [-0.4, -0.2) is 38.4 Å². The zero-order chi connectivity index (χ0) is 11.9. The second kappa shape index (κ2) is 4.80. The molecule has 0 unspecified atom stereocenters. The fraction of sp³-hybridized carbons (Fsp3) is 0.222. The van der Waals surface area contributed by atoms with Gasteiger partial charge in [0.1, 0.15) is 0 Å². The Bertz CT molecular complexity index is 490. The van der Waals surface area contributed by atoms with Crippen molar-refractivity contribution in [2.75, 3.05) is 7.11 Å². The number of hydrogen-bond donors (Lipinski definition) is 0. The zero-order valence-corrected chi connectivity index (χ0v) is 13.0. The Morgan fingerprint density at radius 2 is 2.12 bits per heavy atom. The second-order valence-corrected chi connectivity index (χ2v) is 6.35. The summed E-state index contributed by atoms with van der Waals surface area (Å²) >= 11 is 17.5. The average molecular weight is 395 g/mol. The number of nitrogens with zero attached hydrogens (tertiary/aromatic N) is 1. The molecule has 0 amide bonds. The fourth-order valence-electron chi connectivity index (χ4n) is 1.30. The summed E-state index contributed by atoms with van der Waals surface area (Å²) in [6, 6.07) is 1.80. The van der Waals surface area contributed by atoms with E-state index in [2.05, 4.69) is 0 Å². The molecule has 86 valence electrons. The van der Waals surface area contributed by atoms with Gasteiger partial charge in [0.2, 0.25) is 0 Å². The maximum atomic E-state index is 6.21. The molecule has 1 aromatic rings.